The first kappa shape index (κ1) is 18.6. The van der Waals surface area contributed by atoms with Gasteiger partial charge in [-0.2, -0.15) is 0 Å². The van der Waals surface area contributed by atoms with Crippen molar-refractivity contribution < 1.29 is 0 Å². The molecule has 0 radical (unpaired) electrons. The van der Waals surface area contributed by atoms with Crippen LogP contribution in [0.4, 0.5) is 11.4 Å². The highest BCUT2D eigenvalue weighted by molar-refractivity contribution is 5.64. The minimum absolute atomic E-state index is 0.282. The number of fused-ring (bicyclic) bond motifs is 1. The minimum atomic E-state index is 0.282. The van der Waals surface area contributed by atoms with Crippen molar-refractivity contribution in [3.05, 3.63) is 93.5 Å². The molecule has 0 aromatic heterocycles. The maximum atomic E-state index is 3.85. The van der Waals surface area contributed by atoms with Gasteiger partial charge < -0.3 is 10.6 Å². The number of nitrogens with one attached hydrogen (secondary N) is 2. The third-order valence-electron chi connectivity index (χ3n) is 5.72. The average molecular weight is 371 g/mol. The summed E-state index contributed by atoms with van der Waals surface area (Å²) >= 11 is 0. The zero-order valence-corrected chi connectivity index (χ0v) is 17.6. The largest absolute Gasteiger partial charge is 0.378 e. The van der Waals surface area contributed by atoms with E-state index in [2.05, 4.69) is 99.8 Å². The molecule has 1 aliphatic heterocycles. The summed E-state index contributed by atoms with van der Waals surface area (Å²) in [7, 11) is 0. The summed E-state index contributed by atoms with van der Waals surface area (Å²) in [5.41, 5.74) is 11.8. The fourth-order valence-electron chi connectivity index (χ4n) is 4.57. The third-order valence-corrected chi connectivity index (χ3v) is 5.72. The lowest BCUT2D eigenvalue weighted by Gasteiger charge is -2.36. The van der Waals surface area contributed by atoms with Crippen molar-refractivity contribution in [3.8, 4) is 0 Å². The highest BCUT2D eigenvalue weighted by atomic mass is 15.0. The zero-order valence-electron chi connectivity index (χ0n) is 17.6. The lowest BCUT2D eigenvalue weighted by atomic mass is 9.86. The van der Waals surface area contributed by atoms with Crippen molar-refractivity contribution in [2.75, 3.05) is 10.6 Å². The average Bonchev–Trinajstić information content (AvgIpc) is 2.60. The molecule has 2 atom stereocenters. The van der Waals surface area contributed by atoms with E-state index in [9.17, 15) is 0 Å². The van der Waals surface area contributed by atoms with Gasteiger partial charge in [-0.25, -0.2) is 0 Å². The smallest absolute Gasteiger partial charge is 0.0559 e. The van der Waals surface area contributed by atoms with Gasteiger partial charge in [0.05, 0.1) is 12.1 Å². The van der Waals surface area contributed by atoms with E-state index in [0.717, 1.165) is 6.42 Å². The SMILES string of the molecule is Cc1ccc([C@@H]2C[C@@H](Nc3cc(C)cc(C)c3)c3c(C)cc(C)cc3N2)cc1. The van der Waals surface area contributed by atoms with E-state index in [4.69, 9.17) is 0 Å². The number of rotatable bonds is 3. The molecule has 3 aromatic rings. The van der Waals surface area contributed by atoms with Crippen molar-refractivity contribution in [2.45, 2.75) is 53.1 Å². The van der Waals surface area contributed by atoms with Crippen LogP contribution in [-0.4, -0.2) is 0 Å². The first-order valence-corrected chi connectivity index (χ1v) is 10.2. The number of anilines is 2. The Morgan fingerprint density at radius 1 is 0.750 bits per heavy atom. The van der Waals surface area contributed by atoms with Crippen molar-refractivity contribution in [1.29, 1.82) is 0 Å². The predicted octanol–water partition coefficient (Wildman–Crippen LogP) is 6.94. The molecule has 3 aromatic carbocycles. The van der Waals surface area contributed by atoms with Gasteiger partial charge in [0.2, 0.25) is 0 Å². The fraction of sp³-hybridized carbons (Fsp3) is 0.308. The third kappa shape index (κ3) is 3.77. The Morgan fingerprint density at radius 2 is 1.39 bits per heavy atom. The van der Waals surface area contributed by atoms with Crippen LogP contribution in [-0.2, 0) is 0 Å². The molecule has 0 fully saturated rings. The highest BCUT2D eigenvalue weighted by Gasteiger charge is 2.29. The van der Waals surface area contributed by atoms with Gasteiger partial charge in [0.25, 0.3) is 0 Å². The molecule has 0 bridgehead atoms. The molecular formula is C26H30N2. The second-order valence-corrected chi connectivity index (χ2v) is 8.46. The fourth-order valence-corrected chi connectivity index (χ4v) is 4.57. The molecule has 2 nitrogen and oxygen atoms in total. The number of benzene rings is 3. The number of aryl methyl sites for hydroxylation is 5. The maximum Gasteiger partial charge on any atom is 0.0559 e. The van der Waals surface area contributed by atoms with E-state index in [0.29, 0.717) is 6.04 Å². The lowest BCUT2D eigenvalue weighted by molar-refractivity contribution is 0.586. The summed E-state index contributed by atoms with van der Waals surface area (Å²) in [5.74, 6) is 0. The van der Waals surface area contributed by atoms with Crippen LogP contribution in [0.1, 0.15) is 57.4 Å². The molecule has 144 valence electrons. The van der Waals surface area contributed by atoms with Gasteiger partial charge in [-0.05, 0) is 87.1 Å². The van der Waals surface area contributed by atoms with Gasteiger partial charge in [0.15, 0.2) is 0 Å². The van der Waals surface area contributed by atoms with Crippen LogP contribution in [0.3, 0.4) is 0 Å². The Bertz CT molecular complexity index is 981. The van der Waals surface area contributed by atoms with Crippen LogP contribution in [0.5, 0.6) is 0 Å². The summed E-state index contributed by atoms with van der Waals surface area (Å²) in [6.07, 6.45) is 1.02. The summed E-state index contributed by atoms with van der Waals surface area (Å²) < 4.78 is 0. The Balaban J connectivity index is 1.74. The molecule has 1 aliphatic rings. The van der Waals surface area contributed by atoms with Crippen LogP contribution in [0, 0.1) is 34.6 Å². The van der Waals surface area contributed by atoms with Crippen molar-refractivity contribution in [3.63, 3.8) is 0 Å². The van der Waals surface area contributed by atoms with E-state index < -0.39 is 0 Å². The predicted molar refractivity (Wildman–Crippen MR) is 120 cm³/mol. The second-order valence-electron chi connectivity index (χ2n) is 8.46. The summed E-state index contributed by atoms with van der Waals surface area (Å²) in [6, 6.07) is 20.8. The standard InChI is InChI=1S/C26H30N2/c1-16-6-8-21(9-7-16)23-15-25(27-22-12-17(2)10-18(3)13-22)26-20(5)11-19(4)14-24(26)28-23/h6-14,23,25,27-28H,15H2,1-5H3/t23-,25+/m0/s1. The number of hydrogen-bond acceptors (Lipinski definition) is 2. The van der Waals surface area contributed by atoms with E-state index >= 15 is 0 Å². The molecule has 28 heavy (non-hydrogen) atoms. The molecule has 0 saturated carbocycles. The van der Waals surface area contributed by atoms with Crippen LogP contribution in [0.25, 0.3) is 0 Å². The molecule has 2 heteroatoms. The molecule has 0 aliphatic carbocycles. The van der Waals surface area contributed by atoms with Crippen LogP contribution in [0.15, 0.2) is 54.6 Å². The summed E-state index contributed by atoms with van der Waals surface area (Å²) in [5, 5.41) is 7.66. The molecule has 4 rings (SSSR count). The van der Waals surface area contributed by atoms with E-state index in [1.54, 1.807) is 0 Å². The zero-order chi connectivity index (χ0) is 19.8. The molecule has 0 spiro atoms. The minimum Gasteiger partial charge on any atom is -0.378 e. The van der Waals surface area contributed by atoms with Crippen LogP contribution < -0.4 is 10.6 Å². The number of hydrogen-bond donors (Lipinski definition) is 2. The Kier molecular flexibility index (Phi) is 4.89. The first-order valence-electron chi connectivity index (χ1n) is 10.2. The molecule has 2 N–H and O–H groups in total. The monoisotopic (exact) mass is 370 g/mol. The molecule has 0 saturated heterocycles. The summed E-state index contributed by atoms with van der Waals surface area (Å²) in [6.45, 7) is 10.9. The first-order chi connectivity index (χ1) is 13.4. The van der Waals surface area contributed by atoms with Crippen LogP contribution in [0.2, 0.25) is 0 Å². The van der Waals surface area contributed by atoms with Gasteiger partial charge >= 0.3 is 0 Å². The second kappa shape index (κ2) is 7.35. The van der Waals surface area contributed by atoms with Gasteiger partial charge in [-0.1, -0.05) is 42.0 Å². The quantitative estimate of drug-likeness (QED) is 0.522. The van der Waals surface area contributed by atoms with E-state index in [1.807, 2.05) is 0 Å². The van der Waals surface area contributed by atoms with Gasteiger partial charge in [0, 0.05) is 16.9 Å². The van der Waals surface area contributed by atoms with Crippen molar-refractivity contribution >= 4 is 11.4 Å². The van der Waals surface area contributed by atoms with Crippen LogP contribution >= 0.6 is 0 Å². The summed E-state index contributed by atoms with van der Waals surface area (Å²) in [4.78, 5) is 0. The van der Waals surface area contributed by atoms with E-state index in [-0.39, 0.29) is 6.04 Å². The molecular weight excluding hydrogens is 340 g/mol. The van der Waals surface area contributed by atoms with Crippen molar-refractivity contribution in [1.82, 2.24) is 0 Å². The lowest BCUT2D eigenvalue weighted by Crippen LogP contribution is -2.26. The molecule has 1 heterocycles. The van der Waals surface area contributed by atoms with Gasteiger partial charge in [-0.3, -0.25) is 0 Å². The Morgan fingerprint density at radius 3 is 2.07 bits per heavy atom. The molecule has 0 unspecified atom stereocenters. The topological polar surface area (TPSA) is 24.1 Å². The Hall–Kier alpha value is -2.74. The Labute approximate surface area is 169 Å². The van der Waals surface area contributed by atoms with Gasteiger partial charge in [-0.15, -0.1) is 0 Å². The molecule has 0 amide bonds. The van der Waals surface area contributed by atoms with Crippen molar-refractivity contribution in [2.24, 2.45) is 0 Å². The van der Waals surface area contributed by atoms with E-state index in [1.165, 1.54) is 50.3 Å². The highest BCUT2D eigenvalue weighted by Crippen LogP contribution is 2.42. The normalized spacial score (nSPS) is 18.3. The van der Waals surface area contributed by atoms with Gasteiger partial charge in [0.1, 0.15) is 0 Å². The maximum absolute atomic E-state index is 3.85.